The molecular formula is C11H15IN2S. The van der Waals surface area contributed by atoms with Gasteiger partial charge < -0.3 is 0 Å². The van der Waals surface area contributed by atoms with E-state index in [1.54, 1.807) is 11.8 Å². The Kier molecular flexibility index (Phi) is 5.63. The first-order chi connectivity index (χ1) is 6.92. The Balaban J connectivity index is 0.00000112. The van der Waals surface area contributed by atoms with E-state index in [9.17, 15) is 0 Å². The van der Waals surface area contributed by atoms with Crippen LogP contribution in [0.1, 0.15) is 18.2 Å². The topological polar surface area (TPSA) is 24.4 Å². The van der Waals surface area contributed by atoms with Crippen molar-refractivity contribution >= 4 is 42.0 Å². The Morgan fingerprint density at radius 3 is 2.87 bits per heavy atom. The molecular weight excluding hydrogens is 319 g/mol. The summed E-state index contributed by atoms with van der Waals surface area (Å²) < 4.78 is 0. The first kappa shape index (κ1) is 13.0. The van der Waals surface area contributed by atoms with Crippen LogP contribution in [-0.4, -0.2) is 19.0 Å². The van der Waals surface area contributed by atoms with Crippen LogP contribution in [0.15, 0.2) is 34.2 Å². The van der Waals surface area contributed by atoms with Gasteiger partial charge in [-0.25, -0.2) is 0 Å². The molecule has 1 atom stereocenters. The fraction of sp³-hybridized carbons (Fsp3) is 0.364. The van der Waals surface area contributed by atoms with E-state index in [2.05, 4.69) is 40.8 Å². The highest BCUT2D eigenvalue weighted by molar-refractivity contribution is 14.0. The zero-order valence-corrected chi connectivity index (χ0v) is 11.8. The first-order valence-electron chi connectivity index (χ1n) is 4.80. The minimum atomic E-state index is 0. The van der Waals surface area contributed by atoms with Crippen molar-refractivity contribution < 1.29 is 0 Å². The molecule has 0 amide bonds. The van der Waals surface area contributed by atoms with E-state index < -0.39 is 0 Å². The molecule has 1 aliphatic heterocycles. The van der Waals surface area contributed by atoms with Crippen LogP contribution in [0.4, 0.5) is 0 Å². The van der Waals surface area contributed by atoms with Crippen molar-refractivity contribution in [1.29, 1.82) is 0 Å². The van der Waals surface area contributed by atoms with Gasteiger partial charge in [0, 0.05) is 23.2 Å². The molecule has 0 spiro atoms. The van der Waals surface area contributed by atoms with Gasteiger partial charge in [-0.05, 0) is 18.7 Å². The first-order valence-corrected chi connectivity index (χ1v) is 6.02. The number of nitrogens with zero attached hydrogens (tertiary/aromatic N) is 1. The van der Waals surface area contributed by atoms with Crippen LogP contribution in [0, 0.1) is 0 Å². The van der Waals surface area contributed by atoms with E-state index in [1.807, 2.05) is 6.21 Å². The molecule has 0 aromatic heterocycles. The predicted molar refractivity (Wildman–Crippen MR) is 77.5 cm³/mol. The lowest BCUT2D eigenvalue weighted by atomic mass is 10.1. The number of hydrogen-bond acceptors (Lipinski definition) is 3. The largest absolute Gasteiger partial charge is 0.292 e. The highest BCUT2D eigenvalue weighted by atomic mass is 127. The van der Waals surface area contributed by atoms with Crippen molar-refractivity contribution in [2.24, 2.45) is 4.99 Å². The molecule has 4 heteroatoms. The molecule has 0 saturated heterocycles. The third-order valence-corrected chi connectivity index (χ3v) is 3.11. The van der Waals surface area contributed by atoms with Gasteiger partial charge in [-0.15, -0.1) is 35.7 Å². The molecule has 1 unspecified atom stereocenters. The highest BCUT2D eigenvalue weighted by Gasteiger charge is 2.13. The zero-order chi connectivity index (χ0) is 9.80. The van der Waals surface area contributed by atoms with E-state index in [0.29, 0.717) is 0 Å². The maximum atomic E-state index is 4.46. The Hall–Kier alpha value is -0.0700. The monoisotopic (exact) mass is 334 g/mol. The third kappa shape index (κ3) is 3.19. The molecule has 0 bridgehead atoms. The number of nitrogens with one attached hydrogen (secondary N) is 1. The van der Waals surface area contributed by atoms with Crippen molar-refractivity contribution in [3.05, 3.63) is 29.8 Å². The van der Waals surface area contributed by atoms with Gasteiger partial charge in [0.25, 0.3) is 0 Å². The third-order valence-electron chi connectivity index (χ3n) is 2.30. The molecule has 2 rings (SSSR count). The number of thioether (sulfide) groups is 1. The molecule has 82 valence electrons. The van der Waals surface area contributed by atoms with Crippen LogP contribution in [-0.2, 0) is 0 Å². The van der Waals surface area contributed by atoms with Gasteiger partial charge in [0.15, 0.2) is 0 Å². The summed E-state index contributed by atoms with van der Waals surface area (Å²) in [4.78, 5) is 5.77. The van der Waals surface area contributed by atoms with Crippen LogP contribution in [0.5, 0.6) is 0 Å². The molecule has 0 aliphatic carbocycles. The van der Waals surface area contributed by atoms with Crippen LogP contribution in [0.25, 0.3) is 0 Å². The van der Waals surface area contributed by atoms with Crippen molar-refractivity contribution in [2.75, 3.05) is 12.8 Å². The summed E-state index contributed by atoms with van der Waals surface area (Å²) in [5.41, 5.74) is 1.29. The van der Waals surface area contributed by atoms with Crippen molar-refractivity contribution in [2.45, 2.75) is 17.5 Å². The minimum Gasteiger partial charge on any atom is -0.292 e. The summed E-state index contributed by atoms with van der Waals surface area (Å²) in [5, 5.41) is 3.40. The van der Waals surface area contributed by atoms with Crippen molar-refractivity contribution in [3.63, 3.8) is 0 Å². The van der Waals surface area contributed by atoms with Crippen LogP contribution < -0.4 is 5.32 Å². The van der Waals surface area contributed by atoms with E-state index >= 15 is 0 Å². The average Bonchev–Trinajstić information content (AvgIpc) is 2.30. The molecule has 1 aliphatic rings. The van der Waals surface area contributed by atoms with Gasteiger partial charge in [0.05, 0.1) is 0 Å². The quantitative estimate of drug-likeness (QED) is 0.664. The maximum absolute atomic E-state index is 4.46. The zero-order valence-electron chi connectivity index (χ0n) is 8.64. The minimum absolute atomic E-state index is 0. The Morgan fingerprint density at radius 2 is 2.20 bits per heavy atom. The van der Waals surface area contributed by atoms with Gasteiger partial charge in [-0.3, -0.25) is 10.3 Å². The van der Waals surface area contributed by atoms with E-state index in [1.165, 1.54) is 10.5 Å². The van der Waals surface area contributed by atoms with Crippen LogP contribution in [0.2, 0.25) is 0 Å². The summed E-state index contributed by atoms with van der Waals surface area (Å²) in [6.45, 7) is 1.02. The van der Waals surface area contributed by atoms with Gasteiger partial charge in [-0.1, -0.05) is 18.2 Å². The summed E-state index contributed by atoms with van der Waals surface area (Å²) in [5.74, 6) is 0. The van der Waals surface area contributed by atoms with E-state index in [-0.39, 0.29) is 30.1 Å². The molecule has 1 heterocycles. The number of aliphatic imine (C=N–C) groups is 1. The molecule has 15 heavy (non-hydrogen) atoms. The Bertz CT molecular complexity index is 341. The molecule has 2 nitrogen and oxygen atoms in total. The maximum Gasteiger partial charge on any atom is 0.126 e. The van der Waals surface area contributed by atoms with E-state index in [0.717, 1.165) is 13.0 Å². The second-order valence-corrected chi connectivity index (χ2v) is 4.07. The fourth-order valence-electron chi connectivity index (χ4n) is 1.60. The number of benzene rings is 1. The summed E-state index contributed by atoms with van der Waals surface area (Å²) in [6.07, 6.45) is 5.31. The molecule has 0 fully saturated rings. The van der Waals surface area contributed by atoms with Crippen molar-refractivity contribution in [3.8, 4) is 0 Å². The highest BCUT2D eigenvalue weighted by Crippen LogP contribution is 2.26. The number of rotatable bonds is 2. The molecule has 1 aromatic rings. The summed E-state index contributed by atoms with van der Waals surface area (Å²) >= 11 is 1.78. The molecule has 0 radical (unpaired) electrons. The molecule has 0 saturated carbocycles. The smallest absolute Gasteiger partial charge is 0.126 e. The fourth-order valence-corrected chi connectivity index (χ4v) is 2.23. The predicted octanol–water partition coefficient (Wildman–Crippen LogP) is 3.09. The summed E-state index contributed by atoms with van der Waals surface area (Å²) in [6, 6.07) is 8.43. The van der Waals surface area contributed by atoms with E-state index in [4.69, 9.17) is 0 Å². The second kappa shape index (κ2) is 6.50. The second-order valence-electron chi connectivity index (χ2n) is 3.22. The number of halogens is 1. The normalized spacial score (nSPS) is 19.7. The molecule has 1 aromatic carbocycles. The average molecular weight is 334 g/mol. The van der Waals surface area contributed by atoms with Gasteiger partial charge in [-0.2, -0.15) is 0 Å². The van der Waals surface area contributed by atoms with Gasteiger partial charge >= 0.3 is 0 Å². The lowest BCUT2D eigenvalue weighted by Crippen LogP contribution is -2.25. The SMILES string of the molecule is CSc1ccccc1C1N=CCCN1.I. The standard InChI is InChI=1S/C11H14N2S.HI/c1-14-10-6-3-2-5-9(10)11-12-7-4-8-13-11;/h2-3,5-7,11,13H,4,8H2,1H3;1H. The molecule has 1 N–H and O–H groups in total. The van der Waals surface area contributed by atoms with Crippen LogP contribution >= 0.6 is 35.7 Å². The number of hydrogen-bond donors (Lipinski definition) is 1. The van der Waals surface area contributed by atoms with Crippen LogP contribution in [0.3, 0.4) is 0 Å². The van der Waals surface area contributed by atoms with Gasteiger partial charge in [0.2, 0.25) is 0 Å². The van der Waals surface area contributed by atoms with Crippen molar-refractivity contribution in [1.82, 2.24) is 5.32 Å². The van der Waals surface area contributed by atoms with Gasteiger partial charge in [0.1, 0.15) is 6.17 Å². The lowest BCUT2D eigenvalue weighted by Gasteiger charge is -2.20. The Morgan fingerprint density at radius 1 is 1.40 bits per heavy atom. The lowest BCUT2D eigenvalue weighted by molar-refractivity contribution is 0.540. The summed E-state index contributed by atoms with van der Waals surface area (Å²) in [7, 11) is 0. The Labute approximate surface area is 112 Å².